The number of carboxylic acids is 1. The molecule has 1 N–H and O–H groups in total. The van der Waals surface area contributed by atoms with Crippen molar-refractivity contribution in [3.63, 3.8) is 0 Å². The summed E-state index contributed by atoms with van der Waals surface area (Å²) in [6, 6.07) is 6.05. The highest BCUT2D eigenvalue weighted by molar-refractivity contribution is 5.69. The summed E-state index contributed by atoms with van der Waals surface area (Å²) in [6.45, 7) is 3.28. The Kier molecular flexibility index (Phi) is 4.82. The van der Waals surface area contributed by atoms with Crippen LogP contribution in [0.4, 0.5) is 8.78 Å². The monoisotopic (exact) mass is 256 g/mol. The zero-order valence-electron chi connectivity index (χ0n) is 10.6. The average molecular weight is 256 g/mol. The fourth-order valence-corrected chi connectivity index (χ4v) is 1.82. The number of aliphatic carboxylic acids is 1. The first kappa shape index (κ1) is 14.6. The number of halogens is 2. The fourth-order valence-electron chi connectivity index (χ4n) is 1.82. The van der Waals surface area contributed by atoms with Crippen molar-refractivity contribution < 1.29 is 18.7 Å². The minimum absolute atomic E-state index is 0.0283. The minimum Gasteiger partial charge on any atom is -0.481 e. The van der Waals surface area contributed by atoms with E-state index in [1.54, 1.807) is 26.0 Å². The van der Waals surface area contributed by atoms with Gasteiger partial charge in [0.25, 0.3) is 5.92 Å². The van der Waals surface area contributed by atoms with Crippen LogP contribution in [0.1, 0.15) is 37.8 Å². The van der Waals surface area contributed by atoms with Gasteiger partial charge in [-0.05, 0) is 18.1 Å². The van der Waals surface area contributed by atoms with Crippen molar-refractivity contribution >= 4 is 5.97 Å². The van der Waals surface area contributed by atoms with Gasteiger partial charge < -0.3 is 5.11 Å². The van der Waals surface area contributed by atoms with Crippen LogP contribution in [-0.4, -0.2) is 11.1 Å². The van der Waals surface area contributed by atoms with Crippen LogP contribution < -0.4 is 0 Å². The van der Waals surface area contributed by atoms with Crippen molar-refractivity contribution in [3.05, 3.63) is 35.4 Å². The van der Waals surface area contributed by atoms with E-state index in [2.05, 4.69) is 0 Å². The Balaban J connectivity index is 2.89. The third kappa shape index (κ3) is 3.79. The number of carbonyl (C=O) groups is 1. The van der Waals surface area contributed by atoms with Gasteiger partial charge in [-0.2, -0.15) is 0 Å². The molecule has 0 saturated heterocycles. The third-order valence-electron chi connectivity index (χ3n) is 2.88. The molecule has 1 aromatic carbocycles. The smallest absolute Gasteiger partial charge is 0.306 e. The van der Waals surface area contributed by atoms with E-state index >= 15 is 0 Å². The second-order valence-electron chi connectivity index (χ2n) is 4.60. The Morgan fingerprint density at radius 1 is 1.44 bits per heavy atom. The highest BCUT2D eigenvalue weighted by atomic mass is 19.3. The molecular formula is C14H18F2O2. The molecule has 18 heavy (non-hydrogen) atoms. The van der Waals surface area contributed by atoms with Crippen molar-refractivity contribution in [1.29, 1.82) is 0 Å². The SMILES string of the molecule is CCCC(F)(F)c1cccc(CC(C)C(=O)O)c1. The molecule has 1 atom stereocenters. The molecule has 1 unspecified atom stereocenters. The highest BCUT2D eigenvalue weighted by Crippen LogP contribution is 2.33. The lowest BCUT2D eigenvalue weighted by molar-refractivity contribution is -0.141. The summed E-state index contributed by atoms with van der Waals surface area (Å²) in [7, 11) is 0. The Morgan fingerprint density at radius 3 is 2.67 bits per heavy atom. The number of rotatable bonds is 6. The molecule has 0 aliphatic rings. The highest BCUT2D eigenvalue weighted by Gasteiger charge is 2.30. The maximum atomic E-state index is 13.7. The molecular weight excluding hydrogens is 238 g/mol. The molecule has 0 aromatic heterocycles. The van der Waals surface area contributed by atoms with Crippen LogP contribution in [0, 0.1) is 5.92 Å². The first-order valence-electron chi connectivity index (χ1n) is 6.07. The number of benzene rings is 1. The molecule has 2 nitrogen and oxygen atoms in total. The van der Waals surface area contributed by atoms with Crippen molar-refractivity contribution in [1.82, 2.24) is 0 Å². The van der Waals surface area contributed by atoms with Crippen molar-refractivity contribution in [2.45, 2.75) is 39.0 Å². The van der Waals surface area contributed by atoms with Gasteiger partial charge in [0.1, 0.15) is 0 Å². The van der Waals surface area contributed by atoms with Gasteiger partial charge >= 0.3 is 5.97 Å². The molecule has 0 amide bonds. The van der Waals surface area contributed by atoms with Crippen molar-refractivity contribution in [3.8, 4) is 0 Å². The molecule has 4 heteroatoms. The van der Waals surface area contributed by atoms with E-state index in [0.717, 1.165) is 0 Å². The molecule has 100 valence electrons. The predicted octanol–water partition coefficient (Wildman–Crippen LogP) is 3.84. The van der Waals surface area contributed by atoms with Crippen LogP contribution in [0.15, 0.2) is 24.3 Å². The van der Waals surface area contributed by atoms with E-state index in [4.69, 9.17) is 5.11 Å². The molecule has 0 aliphatic carbocycles. The summed E-state index contributed by atoms with van der Waals surface area (Å²) >= 11 is 0. The largest absolute Gasteiger partial charge is 0.481 e. The normalized spacial score (nSPS) is 13.3. The summed E-state index contributed by atoms with van der Waals surface area (Å²) in [6.07, 6.45) is 0.485. The lowest BCUT2D eigenvalue weighted by atomic mass is 9.96. The number of hydrogen-bond donors (Lipinski definition) is 1. The molecule has 0 aliphatic heterocycles. The summed E-state index contributed by atoms with van der Waals surface area (Å²) in [5.41, 5.74) is 0.609. The molecule has 1 rings (SSSR count). The zero-order valence-corrected chi connectivity index (χ0v) is 10.6. The molecule has 0 heterocycles. The third-order valence-corrected chi connectivity index (χ3v) is 2.88. The summed E-state index contributed by atoms with van der Waals surface area (Å²) < 4.78 is 27.4. The summed E-state index contributed by atoms with van der Waals surface area (Å²) in [4.78, 5) is 10.7. The Morgan fingerprint density at radius 2 is 2.11 bits per heavy atom. The van der Waals surface area contributed by atoms with Gasteiger partial charge in [-0.1, -0.05) is 38.5 Å². The van der Waals surface area contributed by atoms with E-state index in [0.29, 0.717) is 12.0 Å². The first-order chi connectivity index (χ1) is 8.36. The van der Waals surface area contributed by atoms with Crippen LogP contribution in [0.2, 0.25) is 0 Å². The van der Waals surface area contributed by atoms with Crippen LogP contribution in [0.3, 0.4) is 0 Å². The van der Waals surface area contributed by atoms with E-state index in [-0.39, 0.29) is 18.4 Å². The Hall–Kier alpha value is -1.45. The van der Waals surface area contributed by atoms with Crippen LogP contribution >= 0.6 is 0 Å². The Labute approximate surface area is 106 Å². The van der Waals surface area contributed by atoms with Crippen molar-refractivity contribution in [2.75, 3.05) is 0 Å². The average Bonchev–Trinajstić information content (AvgIpc) is 2.29. The van der Waals surface area contributed by atoms with E-state index in [9.17, 15) is 13.6 Å². The lowest BCUT2D eigenvalue weighted by Gasteiger charge is -2.17. The zero-order chi connectivity index (χ0) is 13.8. The fraction of sp³-hybridized carbons (Fsp3) is 0.500. The van der Waals surface area contributed by atoms with Gasteiger partial charge in [-0.25, -0.2) is 8.78 Å². The van der Waals surface area contributed by atoms with E-state index in [1.807, 2.05) is 0 Å². The maximum absolute atomic E-state index is 13.7. The molecule has 0 spiro atoms. The van der Waals surface area contributed by atoms with Gasteiger partial charge in [0, 0.05) is 12.0 Å². The summed E-state index contributed by atoms with van der Waals surface area (Å²) in [5, 5.41) is 8.81. The number of hydrogen-bond acceptors (Lipinski definition) is 1. The van der Waals surface area contributed by atoms with Gasteiger partial charge in [0.15, 0.2) is 0 Å². The van der Waals surface area contributed by atoms with Crippen LogP contribution in [-0.2, 0) is 17.1 Å². The minimum atomic E-state index is -2.84. The van der Waals surface area contributed by atoms with Gasteiger partial charge in [-0.15, -0.1) is 0 Å². The first-order valence-corrected chi connectivity index (χ1v) is 6.07. The second kappa shape index (κ2) is 5.94. The maximum Gasteiger partial charge on any atom is 0.306 e. The molecule has 0 saturated carbocycles. The van der Waals surface area contributed by atoms with Crippen LogP contribution in [0.25, 0.3) is 0 Å². The van der Waals surface area contributed by atoms with Crippen LogP contribution in [0.5, 0.6) is 0 Å². The Bertz CT molecular complexity index is 416. The van der Waals surface area contributed by atoms with Crippen molar-refractivity contribution in [2.24, 2.45) is 5.92 Å². The predicted molar refractivity (Wildman–Crippen MR) is 65.7 cm³/mol. The van der Waals surface area contributed by atoms with Gasteiger partial charge in [-0.3, -0.25) is 4.79 Å². The molecule has 0 bridgehead atoms. The molecule has 0 radical (unpaired) electrons. The van der Waals surface area contributed by atoms with Gasteiger partial charge in [0.05, 0.1) is 5.92 Å². The molecule has 1 aromatic rings. The summed E-state index contributed by atoms with van der Waals surface area (Å²) in [5.74, 6) is -4.32. The second-order valence-corrected chi connectivity index (χ2v) is 4.60. The standard InChI is InChI=1S/C14H18F2O2/c1-3-7-14(15,16)12-6-4-5-11(9-12)8-10(2)13(17)18/h4-6,9-10H,3,7-8H2,1-2H3,(H,17,18). The number of alkyl halides is 2. The van der Waals surface area contributed by atoms with E-state index in [1.165, 1.54) is 12.1 Å². The quantitative estimate of drug-likeness (QED) is 0.839. The topological polar surface area (TPSA) is 37.3 Å². The van der Waals surface area contributed by atoms with Gasteiger partial charge in [0.2, 0.25) is 0 Å². The number of carboxylic acid groups (broad SMARTS) is 1. The van der Waals surface area contributed by atoms with E-state index < -0.39 is 17.8 Å². The molecule has 0 fully saturated rings. The lowest BCUT2D eigenvalue weighted by Crippen LogP contribution is -2.15.